The van der Waals surface area contributed by atoms with E-state index in [9.17, 15) is 9.59 Å². The van der Waals surface area contributed by atoms with Gasteiger partial charge in [0.05, 0.1) is 0 Å². The first-order chi connectivity index (χ1) is 6.16. The van der Waals surface area contributed by atoms with Crippen molar-refractivity contribution in [2.45, 2.75) is 26.2 Å². The molecule has 0 rings (SSSR count). The second-order valence-corrected chi connectivity index (χ2v) is 2.75. The van der Waals surface area contributed by atoms with Gasteiger partial charge in [0.2, 0.25) is 5.91 Å². The van der Waals surface area contributed by atoms with E-state index >= 15 is 0 Å². The summed E-state index contributed by atoms with van der Waals surface area (Å²) in [5.74, 6) is -0.408. The maximum Gasteiger partial charge on any atom is 0.314 e. The van der Waals surface area contributed by atoms with Crippen LogP contribution in [0.15, 0.2) is 0 Å². The lowest BCUT2D eigenvalue weighted by Gasteiger charge is -2.05. The Balaban J connectivity index is 3.25. The van der Waals surface area contributed by atoms with Crippen molar-refractivity contribution in [2.75, 3.05) is 13.1 Å². The van der Waals surface area contributed by atoms with Crippen LogP contribution in [0.3, 0.4) is 0 Å². The number of unbranched alkanes of at least 4 members (excludes halogenated alkanes) is 1. The van der Waals surface area contributed by atoms with Crippen molar-refractivity contribution in [3.8, 4) is 0 Å². The Morgan fingerprint density at radius 3 is 2.38 bits per heavy atom. The Labute approximate surface area is 78.1 Å². The largest absolute Gasteiger partial charge is 0.370 e. The molecule has 0 unspecified atom stereocenters. The molecule has 0 fully saturated rings. The molecule has 5 nitrogen and oxygen atoms in total. The maximum atomic E-state index is 10.9. The van der Waals surface area contributed by atoms with Gasteiger partial charge in [-0.3, -0.25) is 4.79 Å². The van der Waals surface area contributed by atoms with Crippen LogP contribution >= 0.6 is 0 Å². The molecule has 0 bridgehead atoms. The van der Waals surface area contributed by atoms with Crippen molar-refractivity contribution in [3.05, 3.63) is 0 Å². The van der Waals surface area contributed by atoms with E-state index in [4.69, 9.17) is 5.73 Å². The van der Waals surface area contributed by atoms with E-state index in [0.717, 1.165) is 12.8 Å². The van der Waals surface area contributed by atoms with E-state index in [1.165, 1.54) is 0 Å². The van der Waals surface area contributed by atoms with E-state index < -0.39 is 5.91 Å². The minimum absolute atomic E-state index is 0.182. The van der Waals surface area contributed by atoms with E-state index in [-0.39, 0.29) is 12.5 Å². The second-order valence-electron chi connectivity index (χ2n) is 2.75. The summed E-state index contributed by atoms with van der Waals surface area (Å²) in [5.41, 5.74) is 4.89. The molecule has 0 heterocycles. The molecule has 0 aliphatic heterocycles. The van der Waals surface area contributed by atoms with Crippen molar-refractivity contribution in [1.82, 2.24) is 10.6 Å². The van der Waals surface area contributed by atoms with E-state index in [1.54, 1.807) is 0 Å². The first-order valence-electron chi connectivity index (χ1n) is 4.46. The normalized spacial score (nSPS) is 9.31. The van der Waals surface area contributed by atoms with E-state index in [0.29, 0.717) is 13.1 Å². The van der Waals surface area contributed by atoms with Crippen molar-refractivity contribution in [3.63, 3.8) is 0 Å². The minimum Gasteiger partial charge on any atom is -0.370 e. The molecule has 76 valence electrons. The number of rotatable bonds is 6. The van der Waals surface area contributed by atoms with Crippen molar-refractivity contribution in [2.24, 2.45) is 5.73 Å². The van der Waals surface area contributed by atoms with Crippen LogP contribution in [0.25, 0.3) is 0 Å². The average Bonchev–Trinajstić information content (AvgIpc) is 2.04. The molecule has 13 heavy (non-hydrogen) atoms. The molecule has 0 radical (unpaired) electrons. The van der Waals surface area contributed by atoms with Gasteiger partial charge < -0.3 is 16.4 Å². The third-order valence-electron chi connectivity index (χ3n) is 1.47. The van der Waals surface area contributed by atoms with Crippen LogP contribution in [0.2, 0.25) is 0 Å². The fourth-order valence-electron chi connectivity index (χ4n) is 0.740. The predicted octanol–water partition coefficient (Wildman–Crippen LogP) is -0.0389. The van der Waals surface area contributed by atoms with Crippen LogP contribution in [-0.2, 0) is 4.79 Å². The highest BCUT2D eigenvalue weighted by Crippen LogP contribution is 1.82. The van der Waals surface area contributed by atoms with Crippen LogP contribution in [0, 0.1) is 0 Å². The SMILES string of the molecule is CCCCNC(=O)NCCC(N)=O. The number of amides is 3. The lowest BCUT2D eigenvalue weighted by molar-refractivity contribution is -0.117. The zero-order valence-corrected chi connectivity index (χ0v) is 7.93. The molecule has 0 aliphatic rings. The van der Waals surface area contributed by atoms with Gasteiger partial charge in [0, 0.05) is 19.5 Å². The fraction of sp³-hybridized carbons (Fsp3) is 0.750. The summed E-state index contributed by atoms with van der Waals surface area (Å²) in [4.78, 5) is 21.2. The number of hydrogen-bond donors (Lipinski definition) is 3. The molecule has 0 saturated heterocycles. The van der Waals surface area contributed by atoms with Gasteiger partial charge in [-0.05, 0) is 6.42 Å². The zero-order chi connectivity index (χ0) is 10.1. The second kappa shape index (κ2) is 7.39. The average molecular weight is 187 g/mol. The summed E-state index contributed by atoms with van der Waals surface area (Å²) in [6.45, 7) is 3.01. The molecule has 4 N–H and O–H groups in total. The fourth-order valence-corrected chi connectivity index (χ4v) is 0.740. The summed E-state index contributed by atoms with van der Waals surface area (Å²) in [6, 6.07) is -0.241. The molecular formula is C8H17N3O2. The Hall–Kier alpha value is -1.26. The molecule has 0 aromatic heterocycles. The van der Waals surface area contributed by atoms with Gasteiger partial charge in [-0.15, -0.1) is 0 Å². The van der Waals surface area contributed by atoms with Crippen LogP contribution in [0.5, 0.6) is 0 Å². The van der Waals surface area contributed by atoms with Gasteiger partial charge in [-0.2, -0.15) is 0 Å². The number of carbonyl (C=O) groups is 2. The zero-order valence-electron chi connectivity index (χ0n) is 7.93. The number of carbonyl (C=O) groups excluding carboxylic acids is 2. The summed E-state index contributed by atoms with van der Waals surface area (Å²) in [5, 5.41) is 5.18. The van der Waals surface area contributed by atoms with Crippen LogP contribution in [-0.4, -0.2) is 25.0 Å². The Morgan fingerprint density at radius 2 is 1.85 bits per heavy atom. The highest BCUT2D eigenvalue weighted by atomic mass is 16.2. The van der Waals surface area contributed by atoms with Gasteiger partial charge in [-0.25, -0.2) is 4.79 Å². The Bertz CT molecular complexity index is 171. The topological polar surface area (TPSA) is 84.2 Å². The smallest absolute Gasteiger partial charge is 0.314 e. The molecule has 3 amide bonds. The third-order valence-corrected chi connectivity index (χ3v) is 1.47. The van der Waals surface area contributed by atoms with E-state index in [1.807, 2.05) is 6.92 Å². The van der Waals surface area contributed by atoms with Gasteiger partial charge in [0.15, 0.2) is 0 Å². The van der Waals surface area contributed by atoms with Crippen molar-refractivity contribution in [1.29, 1.82) is 0 Å². The quantitative estimate of drug-likeness (QED) is 0.510. The van der Waals surface area contributed by atoms with Gasteiger partial charge >= 0.3 is 6.03 Å². The lowest BCUT2D eigenvalue weighted by atomic mass is 10.3. The van der Waals surface area contributed by atoms with Crippen LogP contribution < -0.4 is 16.4 Å². The molecule has 0 saturated carbocycles. The number of hydrogen-bond acceptors (Lipinski definition) is 2. The summed E-state index contributed by atoms with van der Waals surface area (Å²) in [6.07, 6.45) is 2.19. The van der Waals surface area contributed by atoms with Crippen LogP contribution in [0.4, 0.5) is 4.79 Å². The Morgan fingerprint density at radius 1 is 1.23 bits per heavy atom. The molecule has 0 atom stereocenters. The van der Waals surface area contributed by atoms with Crippen LogP contribution in [0.1, 0.15) is 26.2 Å². The Kier molecular flexibility index (Phi) is 6.68. The van der Waals surface area contributed by atoms with Crippen molar-refractivity contribution >= 4 is 11.9 Å². The highest BCUT2D eigenvalue weighted by Gasteiger charge is 1.98. The highest BCUT2D eigenvalue weighted by molar-refractivity contribution is 5.76. The molecule has 0 aliphatic carbocycles. The summed E-state index contributed by atoms with van der Waals surface area (Å²) >= 11 is 0. The molecule has 0 aromatic carbocycles. The van der Waals surface area contributed by atoms with Crippen molar-refractivity contribution < 1.29 is 9.59 Å². The standard InChI is InChI=1S/C8H17N3O2/c1-2-3-5-10-8(13)11-6-4-7(9)12/h2-6H2,1H3,(H2,9,12)(H2,10,11,13). The number of urea groups is 1. The molecule has 0 spiro atoms. The van der Waals surface area contributed by atoms with Gasteiger partial charge in [0.1, 0.15) is 0 Å². The van der Waals surface area contributed by atoms with E-state index in [2.05, 4.69) is 10.6 Å². The predicted molar refractivity (Wildman–Crippen MR) is 50.1 cm³/mol. The third kappa shape index (κ3) is 8.65. The number of nitrogens with two attached hydrogens (primary N) is 1. The maximum absolute atomic E-state index is 10.9. The lowest BCUT2D eigenvalue weighted by Crippen LogP contribution is -2.37. The molecule has 0 aromatic rings. The van der Waals surface area contributed by atoms with Gasteiger partial charge in [-0.1, -0.05) is 13.3 Å². The monoisotopic (exact) mass is 187 g/mol. The first-order valence-corrected chi connectivity index (χ1v) is 4.46. The summed E-state index contributed by atoms with van der Waals surface area (Å²) < 4.78 is 0. The number of primary amides is 1. The van der Waals surface area contributed by atoms with Gasteiger partial charge in [0.25, 0.3) is 0 Å². The minimum atomic E-state index is -0.408. The first kappa shape index (κ1) is 11.7. The summed E-state index contributed by atoms with van der Waals surface area (Å²) in [7, 11) is 0. The number of nitrogens with one attached hydrogen (secondary N) is 2. The molecule has 5 heteroatoms. The molecular weight excluding hydrogens is 170 g/mol.